The largest absolute Gasteiger partial charge is 0.375 e. The zero-order valence-electron chi connectivity index (χ0n) is 9.64. The molecular weight excluding hydrogens is 194 g/mol. The molecule has 0 aromatic heterocycles. The van der Waals surface area contributed by atoms with Gasteiger partial charge in [-0.2, -0.15) is 11.8 Å². The van der Waals surface area contributed by atoms with E-state index in [1.165, 1.54) is 24.3 Å². The molecule has 1 aliphatic heterocycles. The molecule has 1 aliphatic rings. The third kappa shape index (κ3) is 4.67. The van der Waals surface area contributed by atoms with Crippen LogP contribution in [-0.2, 0) is 4.74 Å². The Morgan fingerprint density at radius 3 is 2.86 bits per heavy atom. The van der Waals surface area contributed by atoms with Crippen LogP contribution >= 0.6 is 11.8 Å². The number of hydrogen-bond acceptors (Lipinski definition) is 3. The van der Waals surface area contributed by atoms with E-state index in [1.807, 2.05) is 0 Å². The highest BCUT2D eigenvalue weighted by atomic mass is 32.2. The lowest BCUT2D eigenvalue weighted by Gasteiger charge is -2.29. The average molecular weight is 217 g/mol. The van der Waals surface area contributed by atoms with Gasteiger partial charge in [0.15, 0.2) is 0 Å². The molecule has 0 aromatic carbocycles. The summed E-state index contributed by atoms with van der Waals surface area (Å²) in [6.07, 6.45) is 2.69. The zero-order chi connectivity index (χ0) is 10.4. The maximum atomic E-state index is 5.65. The third-order valence-corrected chi connectivity index (χ3v) is 3.73. The molecular formula is C11H23NOS. The van der Waals surface area contributed by atoms with Gasteiger partial charge in [-0.05, 0) is 39.4 Å². The Balaban J connectivity index is 2.17. The molecule has 3 heteroatoms. The molecule has 84 valence electrons. The first-order valence-corrected chi connectivity index (χ1v) is 6.74. The third-order valence-electron chi connectivity index (χ3n) is 2.51. The lowest BCUT2D eigenvalue weighted by Crippen LogP contribution is -2.44. The topological polar surface area (TPSA) is 21.3 Å². The summed E-state index contributed by atoms with van der Waals surface area (Å²) in [5.74, 6) is 2.61. The fraction of sp³-hybridized carbons (Fsp3) is 1.00. The minimum Gasteiger partial charge on any atom is -0.375 e. The minimum atomic E-state index is -0.0170. The Morgan fingerprint density at radius 2 is 2.29 bits per heavy atom. The maximum absolute atomic E-state index is 5.65. The zero-order valence-corrected chi connectivity index (χ0v) is 10.5. The van der Waals surface area contributed by atoms with E-state index in [4.69, 9.17) is 4.74 Å². The molecule has 1 fully saturated rings. The number of hydrogen-bond donors (Lipinski definition) is 1. The van der Waals surface area contributed by atoms with Crippen LogP contribution < -0.4 is 5.32 Å². The van der Waals surface area contributed by atoms with Crippen LogP contribution in [0.15, 0.2) is 0 Å². The molecule has 14 heavy (non-hydrogen) atoms. The molecule has 1 unspecified atom stereocenters. The summed E-state index contributed by atoms with van der Waals surface area (Å²) in [5.41, 5.74) is -0.0170. The fourth-order valence-corrected chi connectivity index (χ4v) is 2.84. The molecule has 2 nitrogen and oxygen atoms in total. The number of nitrogens with one attached hydrogen (secondary N) is 1. The maximum Gasteiger partial charge on any atom is 0.0750 e. The van der Waals surface area contributed by atoms with Crippen molar-refractivity contribution in [1.82, 2.24) is 5.32 Å². The van der Waals surface area contributed by atoms with Gasteiger partial charge in [0.25, 0.3) is 0 Å². The highest BCUT2D eigenvalue weighted by Gasteiger charge is 2.20. The first kappa shape index (κ1) is 12.3. The van der Waals surface area contributed by atoms with Crippen LogP contribution in [0.1, 0.15) is 33.6 Å². The van der Waals surface area contributed by atoms with Gasteiger partial charge in [0.1, 0.15) is 0 Å². The fourth-order valence-electron chi connectivity index (χ4n) is 1.73. The number of ether oxygens (including phenoxy) is 1. The van der Waals surface area contributed by atoms with E-state index in [-0.39, 0.29) is 5.60 Å². The molecule has 0 amide bonds. The van der Waals surface area contributed by atoms with Gasteiger partial charge in [-0.25, -0.2) is 0 Å². The van der Waals surface area contributed by atoms with Crippen molar-refractivity contribution in [2.45, 2.75) is 45.3 Å². The van der Waals surface area contributed by atoms with Crippen LogP contribution in [-0.4, -0.2) is 36.3 Å². The Morgan fingerprint density at radius 1 is 1.50 bits per heavy atom. The molecule has 0 radical (unpaired) electrons. The van der Waals surface area contributed by atoms with Crippen LogP contribution in [0.3, 0.4) is 0 Å². The van der Waals surface area contributed by atoms with Gasteiger partial charge >= 0.3 is 0 Å². The second-order valence-electron chi connectivity index (χ2n) is 4.49. The van der Waals surface area contributed by atoms with E-state index >= 15 is 0 Å². The number of thioether (sulfide) groups is 1. The Kier molecular flexibility index (Phi) is 5.28. The van der Waals surface area contributed by atoms with E-state index < -0.39 is 0 Å². The van der Waals surface area contributed by atoms with Gasteiger partial charge < -0.3 is 10.1 Å². The summed E-state index contributed by atoms with van der Waals surface area (Å²) in [6.45, 7) is 8.12. The van der Waals surface area contributed by atoms with Crippen molar-refractivity contribution >= 4 is 11.8 Å². The predicted octanol–water partition coefficient (Wildman–Crippen LogP) is 2.29. The van der Waals surface area contributed by atoms with Gasteiger partial charge in [-0.3, -0.25) is 0 Å². The average Bonchev–Trinajstić information content (AvgIpc) is 2.17. The summed E-state index contributed by atoms with van der Waals surface area (Å²) in [7, 11) is 0. The molecule has 0 bridgehead atoms. The first-order chi connectivity index (χ1) is 6.64. The van der Waals surface area contributed by atoms with Gasteiger partial charge in [-0.15, -0.1) is 0 Å². The van der Waals surface area contributed by atoms with Crippen LogP contribution in [0.25, 0.3) is 0 Å². The molecule has 0 aliphatic carbocycles. The summed E-state index contributed by atoms with van der Waals surface area (Å²) >= 11 is 2.06. The van der Waals surface area contributed by atoms with Crippen molar-refractivity contribution < 1.29 is 4.74 Å². The van der Waals surface area contributed by atoms with Crippen LogP contribution in [0, 0.1) is 0 Å². The number of rotatable bonds is 5. The van der Waals surface area contributed by atoms with Gasteiger partial charge in [0.05, 0.1) is 5.60 Å². The van der Waals surface area contributed by atoms with Crippen molar-refractivity contribution in [2.24, 2.45) is 0 Å². The van der Waals surface area contributed by atoms with Crippen LogP contribution in [0.5, 0.6) is 0 Å². The molecule has 1 saturated heterocycles. The minimum absolute atomic E-state index is 0.0170. The summed E-state index contributed by atoms with van der Waals surface area (Å²) < 4.78 is 5.65. The smallest absolute Gasteiger partial charge is 0.0750 e. The highest BCUT2D eigenvalue weighted by Crippen LogP contribution is 2.17. The van der Waals surface area contributed by atoms with Crippen molar-refractivity contribution in [3.8, 4) is 0 Å². The summed E-state index contributed by atoms with van der Waals surface area (Å²) in [6, 6.07) is 0.702. The summed E-state index contributed by atoms with van der Waals surface area (Å²) in [4.78, 5) is 0. The van der Waals surface area contributed by atoms with E-state index in [0.29, 0.717) is 6.04 Å². The van der Waals surface area contributed by atoms with Gasteiger partial charge in [0.2, 0.25) is 0 Å². The Labute approximate surface area is 92.2 Å². The molecule has 0 aromatic rings. The van der Waals surface area contributed by atoms with Crippen LogP contribution in [0.2, 0.25) is 0 Å². The van der Waals surface area contributed by atoms with Crippen molar-refractivity contribution in [1.29, 1.82) is 0 Å². The predicted molar refractivity (Wildman–Crippen MR) is 64.1 cm³/mol. The van der Waals surface area contributed by atoms with E-state index in [2.05, 4.69) is 37.8 Å². The lowest BCUT2D eigenvalue weighted by molar-refractivity contribution is -0.0103. The van der Waals surface area contributed by atoms with E-state index in [9.17, 15) is 0 Å². The van der Waals surface area contributed by atoms with E-state index in [0.717, 1.165) is 13.2 Å². The normalized spacial score (nSPS) is 23.8. The molecule has 1 heterocycles. The van der Waals surface area contributed by atoms with E-state index in [1.54, 1.807) is 0 Å². The first-order valence-electron chi connectivity index (χ1n) is 5.59. The second kappa shape index (κ2) is 5.99. The van der Waals surface area contributed by atoms with Crippen molar-refractivity contribution in [3.05, 3.63) is 0 Å². The van der Waals surface area contributed by atoms with Crippen molar-refractivity contribution in [3.63, 3.8) is 0 Å². The molecule has 1 rings (SSSR count). The van der Waals surface area contributed by atoms with Crippen molar-refractivity contribution in [2.75, 3.05) is 24.7 Å². The molecule has 0 spiro atoms. The Hall–Kier alpha value is 0.270. The molecule has 0 saturated carbocycles. The Bertz CT molecular complexity index is 155. The molecule has 1 N–H and O–H groups in total. The molecule has 1 atom stereocenters. The van der Waals surface area contributed by atoms with Gasteiger partial charge in [-0.1, -0.05) is 0 Å². The quantitative estimate of drug-likeness (QED) is 0.763. The SMILES string of the molecule is CCOC(C)(C)CNC1CCCSC1. The van der Waals surface area contributed by atoms with Crippen LogP contribution in [0.4, 0.5) is 0 Å². The standard InChI is InChI=1S/C11H23NOS/c1-4-13-11(2,3)9-12-10-6-5-7-14-8-10/h10,12H,4-9H2,1-3H3. The second-order valence-corrected chi connectivity index (χ2v) is 5.64. The monoisotopic (exact) mass is 217 g/mol. The summed E-state index contributed by atoms with van der Waals surface area (Å²) in [5, 5.41) is 3.60. The lowest BCUT2D eigenvalue weighted by atomic mass is 10.1. The highest BCUT2D eigenvalue weighted by molar-refractivity contribution is 7.99. The van der Waals surface area contributed by atoms with Gasteiger partial charge in [0, 0.05) is 24.9 Å².